The van der Waals surface area contributed by atoms with Crippen LogP contribution in [-0.2, 0) is 17.9 Å². The molecule has 0 aromatic heterocycles. The highest BCUT2D eigenvalue weighted by Gasteiger charge is 2.35. The molecule has 0 N–H and O–H groups in total. The van der Waals surface area contributed by atoms with Gasteiger partial charge in [0.25, 0.3) is 11.1 Å². The predicted octanol–water partition coefficient (Wildman–Crippen LogP) is 6.46. The quantitative estimate of drug-likeness (QED) is 0.405. The van der Waals surface area contributed by atoms with Gasteiger partial charge in [-0.15, -0.1) is 0 Å². The first-order valence-corrected chi connectivity index (χ1v) is 11.0. The molecule has 6 heteroatoms. The van der Waals surface area contributed by atoms with Gasteiger partial charge in [-0.2, -0.15) is 0 Å². The minimum Gasteiger partial charge on any atom is -0.488 e. The number of imide groups is 1. The van der Waals surface area contributed by atoms with Crippen LogP contribution in [0, 0.1) is 6.92 Å². The van der Waals surface area contributed by atoms with E-state index in [2.05, 4.69) is 6.07 Å². The van der Waals surface area contributed by atoms with Crippen molar-refractivity contribution in [1.82, 2.24) is 4.90 Å². The first kappa shape index (κ1) is 21.2. The van der Waals surface area contributed by atoms with Gasteiger partial charge in [-0.25, -0.2) is 0 Å². The number of ether oxygens (including phenoxy) is 1. The van der Waals surface area contributed by atoms with Crippen molar-refractivity contribution >= 4 is 40.6 Å². The number of hydrogen-bond acceptors (Lipinski definition) is 4. The molecule has 0 radical (unpaired) electrons. The minimum absolute atomic E-state index is 0.213. The Bertz CT molecular complexity index is 1160. The molecule has 1 saturated heterocycles. The van der Waals surface area contributed by atoms with Gasteiger partial charge in [0.05, 0.1) is 11.4 Å². The molecule has 4 nitrogen and oxygen atoms in total. The second-order valence-corrected chi connectivity index (χ2v) is 8.64. The summed E-state index contributed by atoms with van der Waals surface area (Å²) in [5.74, 6) is 0.354. The van der Waals surface area contributed by atoms with Crippen molar-refractivity contribution in [2.24, 2.45) is 0 Å². The fraction of sp³-hybridized carbons (Fsp3) is 0.120. The summed E-state index contributed by atoms with van der Waals surface area (Å²) in [4.78, 5) is 26.9. The number of carbonyl (C=O) groups excluding carboxylic acids is 2. The molecule has 0 spiro atoms. The summed E-state index contributed by atoms with van der Waals surface area (Å²) in [6.07, 6.45) is 1.72. The fourth-order valence-corrected chi connectivity index (χ4v) is 4.20. The Morgan fingerprint density at radius 3 is 2.52 bits per heavy atom. The Hall–Kier alpha value is -3.02. The molecule has 1 aliphatic heterocycles. The summed E-state index contributed by atoms with van der Waals surface area (Å²) in [6, 6.07) is 22.7. The molecule has 0 aliphatic carbocycles. The molecule has 1 aliphatic rings. The summed E-state index contributed by atoms with van der Waals surface area (Å²) in [5, 5.41) is 0.324. The number of carbonyl (C=O) groups is 2. The zero-order chi connectivity index (χ0) is 21.8. The molecule has 4 rings (SSSR count). The van der Waals surface area contributed by atoms with E-state index in [1.807, 2.05) is 61.5 Å². The average molecular weight is 450 g/mol. The van der Waals surface area contributed by atoms with Gasteiger partial charge in [0.15, 0.2) is 0 Å². The number of amides is 2. The van der Waals surface area contributed by atoms with E-state index in [1.165, 1.54) is 10.5 Å². The summed E-state index contributed by atoms with van der Waals surface area (Å²) >= 11 is 6.85. The van der Waals surface area contributed by atoms with E-state index in [9.17, 15) is 9.59 Å². The Kier molecular flexibility index (Phi) is 6.44. The molecule has 0 saturated carbocycles. The molecule has 2 amide bonds. The van der Waals surface area contributed by atoms with E-state index in [-0.39, 0.29) is 17.7 Å². The lowest BCUT2D eigenvalue weighted by molar-refractivity contribution is -0.123. The lowest BCUT2D eigenvalue weighted by atomic mass is 10.1. The van der Waals surface area contributed by atoms with Crippen LogP contribution in [-0.4, -0.2) is 16.0 Å². The number of nitrogens with zero attached hydrogens (tertiary/aromatic N) is 1. The topological polar surface area (TPSA) is 46.6 Å². The minimum atomic E-state index is -0.307. The van der Waals surface area contributed by atoms with Crippen LogP contribution in [0.2, 0.25) is 5.02 Å². The predicted molar refractivity (Wildman–Crippen MR) is 125 cm³/mol. The Morgan fingerprint density at radius 2 is 1.74 bits per heavy atom. The third-order valence-electron chi connectivity index (χ3n) is 4.81. The van der Waals surface area contributed by atoms with Crippen molar-refractivity contribution in [1.29, 1.82) is 0 Å². The van der Waals surface area contributed by atoms with Crippen LogP contribution in [0.25, 0.3) is 6.08 Å². The average Bonchev–Trinajstić information content (AvgIpc) is 3.02. The van der Waals surface area contributed by atoms with Crippen molar-refractivity contribution in [3.05, 3.63) is 105 Å². The molecule has 0 unspecified atom stereocenters. The third kappa shape index (κ3) is 5.19. The first-order chi connectivity index (χ1) is 15.0. The van der Waals surface area contributed by atoms with Gasteiger partial charge in [-0.3, -0.25) is 14.5 Å². The molecule has 3 aromatic carbocycles. The standard InChI is InChI=1S/C25H20ClNO3S/c1-17-5-4-6-19(13-17)16-30-22-8-3-2-7-20(22)14-23-24(28)27(25(29)31-23)15-18-9-11-21(26)12-10-18/h2-14H,15-16H2,1H3. The number of aryl methyl sites for hydroxylation is 1. The number of rotatable bonds is 6. The van der Waals surface area contributed by atoms with E-state index in [0.717, 1.165) is 28.5 Å². The number of hydrogen-bond donors (Lipinski definition) is 0. The van der Waals surface area contributed by atoms with Gasteiger partial charge in [-0.1, -0.05) is 71.8 Å². The summed E-state index contributed by atoms with van der Waals surface area (Å²) in [7, 11) is 0. The smallest absolute Gasteiger partial charge is 0.293 e. The number of halogens is 1. The highest BCUT2D eigenvalue weighted by atomic mass is 35.5. The normalized spacial score (nSPS) is 15.0. The summed E-state index contributed by atoms with van der Waals surface area (Å²) < 4.78 is 6.01. The van der Waals surface area contributed by atoms with Gasteiger partial charge in [0.2, 0.25) is 0 Å². The molecule has 1 heterocycles. The molecule has 3 aromatic rings. The highest BCUT2D eigenvalue weighted by molar-refractivity contribution is 8.18. The maximum atomic E-state index is 12.9. The first-order valence-electron chi connectivity index (χ1n) is 9.77. The Balaban J connectivity index is 1.51. The Morgan fingerprint density at radius 1 is 0.968 bits per heavy atom. The van der Waals surface area contributed by atoms with Crippen molar-refractivity contribution in [3.63, 3.8) is 0 Å². The number of thioether (sulfide) groups is 1. The van der Waals surface area contributed by atoms with E-state index in [0.29, 0.717) is 22.3 Å². The highest BCUT2D eigenvalue weighted by Crippen LogP contribution is 2.35. The van der Waals surface area contributed by atoms with Gasteiger partial charge < -0.3 is 4.74 Å². The summed E-state index contributed by atoms with van der Waals surface area (Å²) in [5.41, 5.74) is 3.84. The molecule has 1 fully saturated rings. The monoisotopic (exact) mass is 449 g/mol. The zero-order valence-corrected chi connectivity index (χ0v) is 18.5. The second-order valence-electron chi connectivity index (χ2n) is 7.21. The molecular formula is C25H20ClNO3S. The van der Waals surface area contributed by atoms with Crippen LogP contribution in [0.5, 0.6) is 5.75 Å². The van der Waals surface area contributed by atoms with Crippen LogP contribution in [0.3, 0.4) is 0 Å². The summed E-state index contributed by atoms with van der Waals surface area (Å²) in [6.45, 7) is 2.67. The van der Waals surface area contributed by atoms with Gasteiger partial charge in [0.1, 0.15) is 12.4 Å². The molecular weight excluding hydrogens is 430 g/mol. The van der Waals surface area contributed by atoms with E-state index in [4.69, 9.17) is 16.3 Å². The lowest BCUT2D eigenvalue weighted by Crippen LogP contribution is -2.27. The second kappa shape index (κ2) is 9.41. The third-order valence-corrected chi connectivity index (χ3v) is 5.97. The van der Waals surface area contributed by atoms with Crippen LogP contribution in [0.15, 0.2) is 77.7 Å². The van der Waals surface area contributed by atoms with Gasteiger partial charge >= 0.3 is 0 Å². The van der Waals surface area contributed by atoms with E-state index in [1.54, 1.807) is 18.2 Å². The van der Waals surface area contributed by atoms with Crippen molar-refractivity contribution in [2.75, 3.05) is 0 Å². The maximum Gasteiger partial charge on any atom is 0.293 e. The molecule has 0 bridgehead atoms. The molecule has 156 valence electrons. The zero-order valence-electron chi connectivity index (χ0n) is 16.9. The maximum absolute atomic E-state index is 12.9. The Labute approximate surface area is 190 Å². The fourth-order valence-electron chi connectivity index (χ4n) is 3.24. The van der Waals surface area contributed by atoms with Crippen molar-refractivity contribution in [3.8, 4) is 5.75 Å². The number of benzene rings is 3. The van der Waals surface area contributed by atoms with Crippen molar-refractivity contribution in [2.45, 2.75) is 20.1 Å². The lowest BCUT2D eigenvalue weighted by Gasteiger charge is -2.12. The SMILES string of the molecule is Cc1cccc(COc2ccccc2C=C2SC(=O)N(Cc3ccc(Cl)cc3)C2=O)c1. The van der Waals surface area contributed by atoms with Crippen LogP contribution >= 0.6 is 23.4 Å². The molecule has 31 heavy (non-hydrogen) atoms. The van der Waals surface area contributed by atoms with Gasteiger partial charge in [0, 0.05) is 10.6 Å². The van der Waals surface area contributed by atoms with E-state index >= 15 is 0 Å². The van der Waals surface area contributed by atoms with Gasteiger partial charge in [-0.05, 0) is 54.1 Å². The van der Waals surface area contributed by atoms with Crippen molar-refractivity contribution < 1.29 is 14.3 Å². The van der Waals surface area contributed by atoms with Crippen LogP contribution < -0.4 is 4.74 Å². The molecule has 0 atom stereocenters. The van der Waals surface area contributed by atoms with Crippen LogP contribution in [0.1, 0.15) is 22.3 Å². The van der Waals surface area contributed by atoms with Crippen LogP contribution in [0.4, 0.5) is 4.79 Å². The number of para-hydroxylation sites is 1. The largest absolute Gasteiger partial charge is 0.488 e. The van der Waals surface area contributed by atoms with E-state index < -0.39 is 0 Å².